The smallest absolute Gasteiger partial charge is 0.253 e. The molecule has 0 aromatic heterocycles. The maximum absolute atomic E-state index is 12.9. The predicted octanol–water partition coefficient (Wildman–Crippen LogP) is 2.46. The van der Waals surface area contributed by atoms with Crippen LogP contribution in [0.1, 0.15) is 16.8 Å². The van der Waals surface area contributed by atoms with E-state index in [1.54, 1.807) is 7.05 Å². The van der Waals surface area contributed by atoms with Crippen LogP contribution in [-0.2, 0) is 0 Å². The standard InChI is InChI=1S/C11H10ClFN2O/c1-15(6-2-5-14)11(16)8-3-4-10(13)9(12)7-8/h3-4,7H,2,6H2,1H3. The third-order valence-corrected chi connectivity index (χ3v) is 2.36. The predicted molar refractivity (Wildman–Crippen MR) is 58.6 cm³/mol. The lowest BCUT2D eigenvalue weighted by molar-refractivity contribution is 0.0798. The molecule has 0 aliphatic heterocycles. The molecule has 0 N–H and O–H groups in total. The Hall–Kier alpha value is -1.60. The Labute approximate surface area is 98.0 Å². The molecule has 0 spiro atoms. The van der Waals surface area contributed by atoms with Gasteiger partial charge in [0.05, 0.1) is 17.5 Å². The highest BCUT2D eigenvalue weighted by molar-refractivity contribution is 6.31. The van der Waals surface area contributed by atoms with E-state index in [1.807, 2.05) is 6.07 Å². The molecule has 0 atom stereocenters. The molecule has 0 heterocycles. The van der Waals surface area contributed by atoms with Gasteiger partial charge in [-0.05, 0) is 18.2 Å². The maximum atomic E-state index is 12.9. The fourth-order valence-corrected chi connectivity index (χ4v) is 1.35. The van der Waals surface area contributed by atoms with Crippen molar-refractivity contribution in [3.63, 3.8) is 0 Å². The number of nitriles is 1. The summed E-state index contributed by atoms with van der Waals surface area (Å²) < 4.78 is 12.9. The van der Waals surface area contributed by atoms with Crippen LogP contribution in [0.3, 0.4) is 0 Å². The molecule has 0 radical (unpaired) electrons. The molecular formula is C11H10ClFN2O. The van der Waals surface area contributed by atoms with E-state index in [4.69, 9.17) is 16.9 Å². The Bertz CT molecular complexity index is 442. The topological polar surface area (TPSA) is 44.1 Å². The van der Waals surface area contributed by atoms with Crippen molar-refractivity contribution in [1.29, 1.82) is 5.26 Å². The van der Waals surface area contributed by atoms with Gasteiger partial charge in [-0.25, -0.2) is 4.39 Å². The number of carbonyl (C=O) groups is 1. The number of amides is 1. The first-order chi connectivity index (χ1) is 7.56. The molecule has 1 aromatic carbocycles. The molecule has 16 heavy (non-hydrogen) atoms. The lowest BCUT2D eigenvalue weighted by Gasteiger charge is -2.15. The summed E-state index contributed by atoms with van der Waals surface area (Å²) in [4.78, 5) is 13.1. The zero-order chi connectivity index (χ0) is 12.1. The molecule has 0 aliphatic rings. The van der Waals surface area contributed by atoms with Crippen LogP contribution in [0.2, 0.25) is 5.02 Å². The summed E-state index contributed by atoms with van der Waals surface area (Å²) in [5.41, 5.74) is 0.312. The quantitative estimate of drug-likeness (QED) is 0.815. The van der Waals surface area contributed by atoms with E-state index in [9.17, 15) is 9.18 Å². The number of halogens is 2. The summed E-state index contributed by atoms with van der Waals surface area (Å²) in [6, 6.07) is 5.74. The van der Waals surface area contributed by atoms with E-state index in [0.717, 1.165) is 6.07 Å². The van der Waals surface area contributed by atoms with E-state index >= 15 is 0 Å². The number of nitrogens with zero attached hydrogens (tertiary/aromatic N) is 2. The summed E-state index contributed by atoms with van der Waals surface area (Å²) in [6.07, 6.45) is 0.261. The average Bonchev–Trinajstić information content (AvgIpc) is 2.28. The van der Waals surface area contributed by atoms with E-state index in [2.05, 4.69) is 0 Å². The summed E-state index contributed by atoms with van der Waals surface area (Å²) >= 11 is 5.57. The second-order valence-electron chi connectivity index (χ2n) is 3.26. The summed E-state index contributed by atoms with van der Waals surface area (Å²) in [5.74, 6) is -0.838. The van der Waals surface area contributed by atoms with Gasteiger partial charge >= 0.3 is 0 Å². The van der Waals surface area contributed by atoms with Crippen LogP contribution in [0.15, 0.2) is 18.2 Å². The van der Waals surface area contributed by atoms with Gasteiger partial charge in [0.2, 0.25) is 0 Å². The maximum Gasteiger partial charge on any atom is 0.253 e. The van der Waals surface area contributed by atoms with Gasteiger partial charge in [-0.1, -0.05) is 11.6 Å². The SMILES string of the molecule is CN(CCC#N)C(=O)c1ccc(F)c(Cl)c1. The number of hydrogen-bond donors (Lipinski definition) is 0. The molecule has 0 unspecified atom stereocenters. The lowest BCUT2D eigenvalue weighted by Crippen LogP contribution is -2.27. The molecule has 1 amide bonds. The monoisotopic (exact) mass is 240 g/mol. The molecule has 0 bridgehead atoms. The minimum atomic E-state index is -0.558. The lowest BCUT2D eigenvalue weighted by atomic mass is 10.2. The molecule has 5 heteroatoms. The van der Waals surface area contributed by atoms with Crippen LogP contribution in [-0.4, -0.2) is 24.4 Å². The van der Waals surface area contributed by atoms with Gasteiger partial charge in [0.15, 0.2) is 0 Å². The fraction of sp³-hybridized carbons (Fsp3) is 0.273. The van der Waals surface area contributed by atoms with Crippen molar-refractivity contribution in [3.8, 4) is 6.07 Å². The van der Waals surface area contributed by atoms with Gasteiger partial charge in [0.25, 0.3) is 5.91 Å². The molecule has 84 valence electrons. The third-order valence-electron chi connectivity index (χ3n) is 2.07. The largest absolute Gasteiger partial charge is 0.341 e. The molecule has 0 fully saturated rings. The first kappa shape index (κ1) is 12.5. The van der Waals surface area contributed by atoms with Gasteiger partial charge in [-0.3, -0.25) is 4.79 Å². The highest BCUT2D eigenvalue weighted by atomic mass is 35.5. The van der Waals surface area contributed by atoms with Crippen molar-refractivity contribution in [2.24, 2.45) is 0 Å². The van der Waals surface area contributed by atoms with Gasteiger partial charge in [-0.2, -0.15) is 5.26 Å². The minimum Gasteiger partial charge on any atom is -0.341 e. The minimum absolute atomic E-state index is 0.0838. The number of rotatable bonds is 3. The molecule has 0 saturated carbocycles. The highest BCUT2D eigenvalue weighted by Crippen LogP contribution is 2.16. The normalized spacial score (nSPS) is 9.62. The van der Waals surface area contributed by atoms with Gasteiger partial charge in [-0.15, -0.1) is 0 Å². The third kappa shape index (κ3) is 2.94. The van der Waals surface area contributed by atoms with Crippen molar-refractivity contribution in [2.45, 2.75) is 6.42 Å². The second kappa shape index (κ2) is 5.47. The first-order valence-corrected chi connectivity index (χ1v) is 5.01. The second-order valence-corrected chi connectivity index (χ2v) is 3.67. The number of carbonyl (C=O) groups excluding carboxylic acids is 1. The van der Waals surface area contributed by atoms with Crippen LogP contribution < -0.4 is 0 Å². The van der Waals surface area contributed by atoms with Crippen molar-refractivity contribution in [3.05, 3.63) is 34.6 Å². The van der Waals surface area contributed by atoms with Gasteiger partial charge in [0, 0.05) is 19.2 Å². The highest BCUT2D eigenvalue weighted by Gasteiger charge is 2.12. The van der Waals surface area contributed by atoms with Crippen molar-refractivity contribution < 1.29 is 9.18 Å². The van der Waals surface area contributed by atoms with Crippen LogP contribution in [0.4, 0.5) is 4.39 Å². The van der Waals surface area contributed by atoms with Crippen molar-refractivity contribution >= 4 is 17.5 Å². The summed E-state index contributed by atoms with van der Waals surface area (Å²) in [5, 5.41) is 8.31. The molecule has 1 aromatic rings. The average molecular weight is 241 g/mol. The summed E-state index contributed by atoms with van der Waals surface area (Å²) in [6.45, 7) is 0.338. The Balaban J connectivity index is 2.80. The van der Waals surface area contributed by atoms with Crippen LogP contribution >= 0.6 is 11.6 Å². The number of benzene rings is 1. The van der Waals surface area contributed by atoms with Crippen LogP contribution in [0.25, 0.3) is 0 Å². The molecule has 1 rings (SSSR count). The van der Waals surface area contributed by atoms with E-state index < -0.39 is 5.82 Å². The van der Waals surface area contributed by atoms with Crippen molar-refractivity contribution in [1.82, 2.24) is 4.90 Å². The zero-order valence-corrected chi connectivity index (χ0v) is 9.46. The summed E-state index contributed by atoms with van der Waals surface area (Å²) in [7, 11) is 1.58. The Morgan fingerprint density at radius 2 is 2.31 bits per heavy atom. The Morgan fingerprint density at radius 3 is 2.88 bits per heavy atom. The first-order valence-electron chi connectivity index (χ1n) is 4.63. The van der Waals surface area contributed by atoms with Gasteiger partial charge < -0.3 is 4.90 Å². The molecule has 0 aliphatic carbocycles. The van der Waals surface area contributed by atoms with Crippen LogP contribution in [0, 0.1) is 17.1 Å². The molecule has 3 nitrogen and oxygen atoms in total. The van der Waals surface area contributed by atoms with E-state index in [1.165, 1.54) is 17.0 Å². The zero-order valence-electron chi connectivity index (χ0n) is 8.70. The number of hydrogen-bond acceptors (Lipinski definition) is 2. The molecule has 0 saturated heterocycles. The van der Waals surface area contributed by atoms with Crippen LogP contribution in [0.5, 0.6) is 0 Å². The fourth-order valence-electron chi connectivity index (χ4n) is 1.17. The van der Waals surface area contributed by atoms with Gasteiger partial charge in [0.1, 0.15) is 5.82 Å². The Morgan fingerprint density at radius 1 is 1.62 bits per heavy atom. The van der Waals surface area contributed by atoms with E-state index in [0.29, 0.717) is 12.1 Å². The van der Waals surface area contributed by atoms with E-state index in [-0.39, 0.29) is 17.4 Å². The molecular weight excluding hydrogens is 231 g/mol. The van der Waals surface area contributed by atoms with Crippen molar-refractivity contribution in [2.75, 3.05) is 13.6 Å². The Kier molecular flexibility index (Phi) is 4.27.